The molecule has 1 aromatic carbocycles. The van der Waals surface area contributed by atoms with E-state index in [4.69, 9.17) is 16.9 Å². The molecule has 1 atom stereocenters. The molecule has 1 rings (SSSR count). The van der Waals surface area contributed by atoms with Gasteiger partial charge in [-0.2, -0.15) is 0 Å². The molecule has 1 unspecified atom stereocenters. The molecule has 0 aliphatic heterocycles. The molecule has 2 N–H and O–H groups in total. The molecule has 2 nitrogen and oxygen atoms in total. The molecule has 0 aromatic heterocycles. The molecule has 86 valence electrons. The highest BCUT2D eigenvalue weighted by atomic mass is 16.5. The van der Waals surface area contributed by atoms with Crippen molar-refractivity contribution in [1.29, 1.82) is 0 Å². The number of ether oxygens (including phenoxy) is 1. The first-order valence-electron chi connectivity index (χ1n) is 5.69. The zero-order chi connectivity index (χ0) is 11.8. The first-order valence-corrected chi connectivity index (χ1v) is 5.69. The lowest BCUT2D eigenvalue weighted by atomic mass is 10.1. The SMILES string of the molecule is C#CCC(N)c1ccc(OCCCC)cc1. The van der Waals surface area contributed by atoms with Gasteiger partial charge in [0.1, 0.15) is 5.75 Å². The summed E-state index contributed by atoms with van der Waals surface area (Å²) in [5.41, 5.74) is 6.95. The number of unbranched alkanes of at least 4 members (excludes halogenated alkanes) is 1. The quantitative estimate of drug-likeness (QED) is 0.587. The van der Waals surface area contributed by atoms with Crippen LogP contribution in [0.4, 0.5) is 0 Å². The van der Waals surface area contributed by atoms with Gasteiger partial charge in [0.25, 0.3) is 0 Å². The Morgan fingerprint density at radius 3 is 2.62 bits per heavy atom. The first-order chi connectivity index (χ1) is 7.77. The maximum Gasteiger partial charge on any atom is 0.119 e. The van der Waals surface area contributed by atoms with E-state index in [-0.39, 0.29) is 6.04 Å². The van der Waals surface area contributed by atoms with E-state index < -0.39 is 0 Å². The Hall–Kier alpha value is -1.46. The van der Waals surface area contributed by atoms with Gasteiger partial charge in [0.15, 0.2) is 0 Å². The zero-order valence-electron chi connectivity index (χ0n) is 9.78. The summed E-state index contributed by atoms with van der Waals surface area (Å²) < 4.78 is 5.56. The van der Waals surface area contributed by atoms with Crippen molar-refractivity contribution in [2.24, 2.45) is 5.73 Å². The molecule has 0 radical (unpaired) electrons. The van der Waals surface area contributed by atoms with Gasteiger partial charge >= 0.3 is 0 Å². The smallest absolute Gasteiger partial charge is 0.119 e. The molecular weight excluding hydrogens is 198 g/mol. The van der Waals surface area contributed by atoms with Crippen molar-refractivity contribution >= 4 is 0 Å². The second kappa shape index (κ2) is 6.92. The fourth-order valence-corrected chi connectivity index (χ4v) is 1.39. The van der Waals surface area contributed by atoms with Crippen LogP contribution in [0.5, 0.6) is 5.75 Å². The molecule has 2 heteroatoms. The van der Waals surface area contributed by atoms with Crippen LogP contribution in [-0.2, 0) is 0 Å². The first kappa shape index (κ1) is 12.6. The van der Waals surface area contributed by atoms with E-state index in [1.165, 1.54) is 0 Å². The van der Waals surface area contributed by atoms with Gasteiger partial charge in [-0.15, -0.1) is 12.3 Å². The third-order valence-corrected chi connectivity index (χ3v) is 2.41. The maximum atomic E-state index is 5.89. The lowest BCUT2D eigenvalue weighted by Gasteiger charge is -2.10. The summed E-state index contributed by atoms with van der Waals surface area (Å²) in [6, 6.07) is 7.77. The molecule has 1 aromatic rings. The average molecular weight is 217 g/mol. The molecule has 0 aliphatic rings. The van der Waals surface area contributed by atoms with Crippen LogP contribution < -0.4 is 10.5 Å². The van der Waals surface area contributed by atoms with Crippen molar-refractivity contribution in [3.05, 3.63) is 29.8 Å². The average Bonchev–Trinajstić information content (AvgIpc) is 2.30. The van der Waals surface area contributed by atoms with Crippen LogP contribution in [0.15, 0.2) is 24.3 Å². The standard InChI is InChI=1S/C14H19NO/c1-3-5-11-16-13-9-7-12(8-10-13)14(15)6-4-2/h2,7-10,14H,3,5-6,11,15H2,1H3. The minimum absolute atomic E-state index is 0.0744. The lowest BCUT2D eigenvalue weighted by molar-refractivity contribution is 0.309. The van der Waals surface area contributed by atoms with Crippen LogP contribution >= 0.6 is 0 Å². The lowest BCUT2D eigenvalue weighted by Crippen LogP contribution is -2.09. The van der Waals surface area contributed by atoms with Gasteiger partial charge in [0, 0.05) is 12.5 Å². The van der Waals surface area contributed by atoms with Crippen LogP contribution in [-0.4, -0.2) is 6.61 Å². The number of hydrogen-bond donors (Lipinski definition) is 1. The van der Waals surface area contributed by atoms with E-state index in [2.05, 4.69) is 12.8 Å². The minimum Gasteiger partial charge on any atom is -0.494 e. The predicted octanol–water partition coefficient (Wildman–Crippen LogP) is 2.89. The molecule has 0 aliphatic carbocycles. The Bertz CT molecular complexity index is 337. The highest BCUT2D eigenvalue weighted by Crippen LogP contribution is 2.18. The number of hydrogen-bond acceptors (Lipinski definition) is 2. The second-order valence-corrected chi connectivity index (χ2v) is 3.79. The van der Waals surface area contributed by atoms with Crippen molar-refractivity contribution in [3.8, 4) is 18.1 Å². The van der Waals surface area contributed by atoms with Crippen molar-refractivity contribution in [1.82, 2.24) is 0 Å². The van der Waals surface area contributed by atoms with Crippen molar-refractivity contribution in [3.63, 3.8) is 0 Å². The van der Waals surface area contributed by atoms with E-state index in [0.717, 1.165) is 30.8 Å². The fraction of sp³-hybridized carbons (Fsp3) is 0.429. The monoisotopic (exact) mass is 217 g/mol. The van der Waals surface area contributed by atoms with Gasteiger partial charge in [-0.1, -0.05) is 25.5 Å². The Kier molecular flexibility index (Phi) is 5.45. The summed E-state index contributed by atoms with van der Waals surface area (Å²) in [4.78, 5) is 0. The summed E-state index contributed by atoms with van der Waals surface area (Å²) in [6.07, 6.45) is 8.01. The van der Waals surface area contributed by atoms with Crippen molar-refractivity contribution < 1.29 is 4.74 Å². The molecule has 0 fully saturated rings. The van der Waals surface area contributed by atoms with Crippen LogP contribution in [0.1, 0.15) is 37.8 Å². The summed E-state index contributed by atoms with van der Waals surface area (Å²) in [6.45, 7) is 2.91. The Morgan fingerprint density at radius 2 is 2.06 bits per heavy atom. The molecule has 0 spiro atoms. The molecule has 0 saturated heterocycles. The van der Waals surface area contributed by atoms with Crippen LogP contribution in [0.2, 0.25) is 0 Å². The highest BCUT2D eigenvalue weighted by molar-refractivity contribution is 5.29. The summed E-state index contributed by atoms with van der Waals surface area (Å²) in [7, 11) is 0. The van der Waals surface area contributed by atoms with Gasteiger partial charge in [-0.25, -0.2) is 0 Å². The highest BCUT2D eigenvalue weighted by Gasteiger charge is 2.03. The fourth-order valence-electron chi connectivity index (χ4n) is 1.39. The van der Waals surface area contributed by atoms with Crippen molar-refractivity contribution in [2.75, 3.05) is 6.61 Å². The van der Waals surface area contributed by atoms with E-state index >= 15 is 0 Å². The molecule has 0 heterocycles. The zero-order valence-corrected chi connectivity index (χ0v) is 9.78. The van der Waals surface area contributed by atoms with E-state index in [1.54, 1.807) is 0 Å². The van der Waals surface area contributed by atoms with Gasteiger partial charge < -0.3 is 10.5 Å². The summed E-state index contributed by atoms with van der Waals surface area (Å²) in [5, 5.41) is 0. The van der Waals surface area contributed by atoms with Crippen LogP contribution in [0.3, 0.4) is 0 Å². The largest absolute Gasteiger partial charge is 0.494 e. The van der Waals surface area contributed by atoms with Gasteiger partial charge in [0.2, 0.25) is 0 Å². The van der Waals surface area contributed by atoms with Gasteiger partial charge in [-0.3, -0.25) is 0 Å². The molecule has 0 saturated carbocycles. The number of nitrogens with two attached hydrogens (primary N) is 1. The van der Waals surface area contributed by atoms with Gasteiger partial charge in [-0.05, 0) is 24.1 Å². The Morgan fingerprint density at radius 1 is 1.38 bits per heavy atom. The van der Waals surface area contributed by atoms with E-state index in [0.29, 0.717) is 6.42 Å². The van der Waals surface area contributed by atoms with E-state index in [9.17, 15) is 0 Å². The van der Waals surface area contributed by atoms with Crippen molar-refractivity contribution in [2.45, 2.75) is 32.2 Å². The van der Waals surface area contributed by atoms with Crippen LogP contribution in [0.25, 0.3) is 0 Å². The number of benzene rings is 1. The Labute approximate surface area is 97.8 Å². The summed E-state index contributed by atoms with van der Waals surface area (Å²) in [5.74, 6) is 3.46. The molecule has 16 heavy (non-hydrogen) atoms. The van der Waals surface area contributed by atoms with Gasteiger partial charge in [0.05, 0.1) is 6.61 Å². The topological polar surface area (TPSA) is 35.2 Å². The Balaban J connectivity index is 2.51. The predicted molar refractivity (Wildman–Crippen MR) is 67.2 cm³/mol. The molecule has 0 amide bonds. The molecular formula is C14H19NO. The third-order valence-electron chi connectivity index (χ3n) is 2.41. The maximum absolute atomic E-state index is 5.89. The summed E-state index contributed by atoms with van der Waals surface area (Å²) >= 11 is 0. The number of rotatable bonds is 6. The second-order valence-electron chi connectivity index (χ2n) is 3.79. The molecule has 0 bridgehead atoms. The normalized spacial score (nSPS) is 11.8. The minimum atomic E-state index is -0.0744. The van der Waals surface area contributed by atoms with Crippen LogP contribution in [0, 0.1) is 12.3 Å². The number of terminal acetylenes is 1. The third kappa shape index (κ3) is 3.96. The van der Waals surface area contributed by atoms with E-state index in [1.807, 2.05) is 24.3 Å².